The van der Waals surface area contributed by atoms with Gasteiger partial charge in [0.05, 0.1) is 17.9 Å². The summed E-state index contributed by atoms with van der Waals surface area (Å²) in [5.41, 5.74) is 6.14. The Balaban J connectivity index is 1.94. The normalized spacial score (nSPS) is 12.4. The second-order valence-corrected chi connectivity index (χ2v) is 6.20. The fourth-order valence-corrected chi connectivity index (χ4v) is 3.45. The van der Waals surface area contributed by atoms with Crippen molar-refractivity contribution in [1.82, 2.24) is 4.98 Å². The predicted octanol–water partition coefficient (Wildman–Crippen LogP) is 4.89. The van der Waals surface area contributed by atoms with Crippen LogP contribution in [-0.4, -0.2) is 10.0 Å². The summed E-state index contributed by atoms with van der Waals surface area (Å²) in [6, 6.07) is 22.5. The van der Waals surface area contributed by atoms with Gasteiger partial charge in [0.2, 0.25) is 0 Å². The molecule has 3 nitrogen and oxygen atoms in total. The Morgan fingerprint density at radius 2 is 1.58 bits per heavy atom. The van der Waals surface area contributed by atoms with Crippen molar-refractivity contribution in [2.45, 2.75) is 6.54 Å². The van der Waals surface area contributed by atoms with E-state index in [0.717, 1.165) is 50.4 Å². The third-order valence-electron chi connectivity index (χ3n) is 3.98. The van der Waals surface area contributed by atoms with E-state index in [-0.39, 0.29) is 0 Å². The SMILES string of the molecule is N#CSC1=NCc2nc(-c3ccccc3)cc(-c3ccccc3)c21. The Morgan fingerprint density at radius 1 is 0.917 bits per heavy atom. The summed E-state index contributed by atoms with van der Waals surface area (Å²) in [5, 5.41) is 12.0. The van der Waals surface area contributed by atoms with Gasteiger partial charge in [-0.25, -0.2) is 0 Å². The smallest absolute Gasteiger partial charge is 0.140 e. The molecule has 4 rings (SSSR count). The van der Waals surface area contributed by atoms with Gasteiger partial charge in [-0.05, 0) is 17.2 Å². The quantitative estimate of drug-likeness (QED) is 0.630. The number of fused-ring (bicyclic) bond motifs is 1. The lowest BCUT2D eigenvalue weighted by molar-refractivity contribution is 1.03. The molecule has 0 aliphatic carbocycles. The van der Waals surface area contributed by atoms with Gasteiger partial charge in [0.15, 0.2) is 0 Å². The number of benzene rings is 2. The number of hydrogen-bond acceptors (Lipinski definition) is 4. The van der Waals surface area contributed by atoms with Crippen molar-refractivity contribution in [3.05, 3.63) is 78.0 Å². The highest BCUT2D eigenvalue weighted by molar-refractivity contribution is 8.18. The second kappa shape index (κ2) is 6.31. The largest absolute Gasteiger partial charge is 0.270 e. The maximum Gasteiger partial charge on any atom is 0.140 e. The summed E-state index contributed by atoms with van der Waals surface area (Å²) in [5.74, 6) is 0. The topological polar surface area (TPSA) is 49.0 Å². The summed E-state index contributed by atoms with van der Waals surface area (Å²) in [4.78, 5) is 9.31. The number of nitrogens with zero attached hydrogens (tertiary/aromatic N) is 3. The Labute approximate surface area is 144 Å². The van der Waals surface area contributed by atoms with Gasteiger partial charge >= 0.3 is 0 Å². The van der Waals surface area contributed by atoms with Crippen LogP contribution in [0.4, 0.5) is 0 Å². The number of pyridine rings is 1. The monoisotopic (exact) mass is 327 g/mol. The molecule has 1 aliphatic rings. The van der Waals surface area contributed by atoms with Crippen LogP contribution in [0.3, 0.4) is 0 Å². The van der Waals surface area contributed by atoms with Gasteiger partial charge in [-0.3, -0.25) is 9.98 Å². The molecular formula is C20H13N3S. The van der Waals surface area contributed by atoms with Crippen LogP contribution < -0.4 is 0 Å². The molecule has 2 heterocycles. The van der Waals surface area contributed by atoms with Crippen molar-refractivity contribution in [2.24, 2.45) is 4.99 Å². The zero-order chi connectivity index (χ0) is 16.4. The van der Waals surface area contributed by atoms with E-state index in [1.165, 1.54) is 0 Å². The molecule has 0 spiro atoms. The molecule has 24 heavy (non-hydrogen) atoms. The molecule has 0 amide bonds. The van der Waals surface area contributed by atoms with Crippen LogP contribution in [0.5, 0.6) is 0 Å². The number of hydrogen-bond donors (Lipinski definition) is 0. The maximum atomic E-state index is 9.06. The van der Waals surface area contributed by atoms with Crippen molar-refractivity contribution < 1.29 is 0 Å². The van der Waals surface area contributed by atoms with E-state index < -0.39 is 0 Å². The van der Waals surface area contributed by atoms with Crippen molar-refractivity contribution in [3.63, 3.8) is 0 Å². The highest BCUT2D eigenvalue weighted by atomic mass is 32.2. The Bertz CT molecular complexity index is 957. The lowest BCUT2D eigenvalue weighted by Crippen LogP contribution is -2.01. The molecule has 2 aromatic carbocycles. The minimum absolute atomic E-state index is 0.528. The van der Waals surface area contributed by atoms with Crippen LogP contribution in [0, 0.1) is 10.7 Å². The first-order chi connectivity index (χ1) is 11.9. The minimum atomic E-state index is 0.528. The zero-order valence-electron chi connectivity index (χ0n) is 12.8. The molecule has 4 heteroatoms. The summed E-state index contributed by atoms with van der Waals surface area (Å²) in [7, 11) is 0. The maximum absolute atomic E-state index is 9.06. The number of nitriles is 1. The van der Waals surface area contributed by atoms with E-state index in [0.29, 0.717) is 6.54 Å². The average molecular weight is 327 g/mol. The molecule has 3 aromatic rings. The van der Waals surface area contributed by atoms with E-state index in [1.54, 1.807) is 0 Å². The lowest BCUT2D eigenvalue weighted by atomic mass is 9.97. The standard InChI is InChI=1S/C20H13N3S/c21-13-24-20-19-16(14-7-3-1-4-8-14)11-17(23-18(19)12-22-20)15-9-5-2-6-10-15/h1-11H,12H2. The first-order valence-electron chi connectivity index (χ1n) is 7.62. The Morgan fingerprint density at radius 3 is 2.25 bits per heavy atom. The van der Waals surface area contributed by atoms with Gasteiger partial charge in [-0.1, -0.05) is 60.7 Å². The van der Waals surface area contributed by atoms with Crippen LogP contribution in [0.2, 0.25) is 0 Å². The van der Waals surface area contributed by atoms with Gasteiger partial charge < -0.3 is 0 Å². The third-order valence-corrected chi connectivity index (χ3v) is 4.60. The predicted molar refractivity (Wildman–Crippen MR) is 98.6 cm³/mol. The minimum Gasteiger partial charge on any atom is -0.270 e. The molecule has 0 atom stereocenters. The van der Waals surface area contributed by atoms with Crippen molar-refractivity contribution in [1.29, 1.82) is 5.26 Å². The van der Waals surface area contributed by atoms with E-state index in [4.69, 9.17) is 10.2 Å². The van der Waals surface area contributed by atoms with Crippen molar-refractivity contribution in [2.75, 3.05) is 0 Å². The van der Waals surface area contributed by atoms with Crippen LogP contribution in [0.1, 0.15) is 11.3 Å². The summed E-state index contributed by atoms with van der Waals surface area (Å²) in [6.45, 7) is 0.528. The number of aromatic nitrogens is 1. The molecule has 0 saturated heterocycles. The van der Waals surface area contributed by atoms with Gasteiger partial charge in [-0.15, -0.1) is 0 Å². The highest BCUT2D eigenvalue weighted by Crippen LogP contribution is 2.35. The fourth-order valence-electron chi connectivity index (χ4n) is 2.91. The van der Waals surface area contributed by atoms with Gasteiger partial charge in [0.1, 0.15) is 10.4 Å². The number of rotatable bonds is 2. The first kappa shape index (κ1) is 14.7. The highest BCUT2D eigenvalue weighted by Gasteiger charge is 2.24. The first-order valence-corrected chi connectivity index (χ1v) is 8.44. The van der Waals surface area contributed by atoms with Crippen LogP contribution in [0.25, 0.3) is 22.4 Å². The molecule has 1 aliphatic heterocycles. The molecule has 0 unspecified atom stereocenters. The number of thioether (sulfide) groups is 1. The molecule has 0 bridgehead atoms. The number of aliphatic imine (C=N–C) groups is 1. The molecule has 0 radical (unpaired) electrons. The van der Waals surface area contributed by atoms with E-state index in [9.17, 15) is 0 Å². The number of thiocyanates is 1. The Kier molecular flexibility index (Phi) is 3.86. The molecular weight excluding hydrogens is 314 g/mol. The van der Waals surface area contributed by atoms with E-state index in [1.807, 2.05) is 36.4 Å². The average Bonchev–Trinajstić information content (AvgIpc) is 3.06. The van der Waals surface area contributed by atoms with Crippen LogP contribution in [-0.2, 0) is 6.54 Å². The van der Waals surface area contributed by atoms with Gasteiger partial charge in [-0.2, -0.15) is 5.26 Å². The van der Waals surface area contributed by atoms with Crippen LogP contribution >= 0.6 is 11.8 Å². The molecule has 0 fully saturated rings. The third kappa shape index (κ3) is 2.60. The van der Waals surface area contributed by atoms with E-state index >= 15 is 0 Å². The Hall–Kier alpha value is -2.90. The molecule has 114 valence electrons. The van der Waals surface area contributed by atoms with Crippen LogP contribution in [0.15, 0.2) is 71.7 Å². The summed E-state index contributed by atoms with van der Waals surface area (Å²) >= 11 is 1.11. The molecule has 1 aromatic heterocycles. The lowest BCUT2D eigenvalue weighted by Gasteiger charge is -2.12. The molecule has 0 N–H and O–H groups in total. The van der Waals surface area contributed by atoms with Gasteiger partial charge in [0, 0.05) is 22.9 Å². The zero-order valence-corrected chi connectivity index (χ0v) is 13.6. The van der Waals surface area contributed by atoms with Gasteiger partial charge in [0.25, 0.3) is 0 Å². The summed E-state index contributed by atoms with van der Waals surface area (Å²) in [6.07, 6.45) is 0. The molecule has 0 saturated carbocycles. The fraction of sp³-hybridized carbons (Fsp3) is 0.0500. The second-order valence-electron chi connectivity index (χ2n) is 5.42. The van der Waals surface area contributed by atoms with Crippen molar-refractivity contribution >= 4 is 16.8 Å². The summed E-state index contributed by atoms with van der Waals surface area (Å²) < 4.78 is 0. The van der Waals surface area contributed by atoms with Crippen molar-refractivity contribution in [3.8, 4) is 27.8 Å². The van der Waals surface area contributed by atoms with E-state index in [2.05, 4.69) is 40.7 Å².